The van der Waals surface area contributed by atoms with E-state index in [-0.39, 0.29) is 28.2 Å². The van der Waals surface area contributed by atoms with Crippen molar-refractivity contribution in [1.82, 2.24) is 18.4 Å². The summed E-state index contributed by atoms with van der Waals surface area (Å²) in [6.07, 6.45) is 2.17. The van der Waals surface area contributed by atoms with Crippen molar-refractivity contribution < 1.29 is 8.42 Å². The molecule has 0 saturated carbocycles. The molecule has 1 fully saturated rings. The molecule has 7 nitrogen and oxygen atoms in total. The van der Waals surface area contributed by atoms with Crippen LogP contribution in [-0.2, 0) is 17.1 Å². The Labute approximate surface area is 155 Å². The van der Waals surface area contributed by atoms with Gasteiger partial charge in [0.05, 0.1) is 16.6 Å². The highest BCUT2D eigenvalue weighted by Gasteiger charge is 2.36. The number of aromatic nitrogens is 3. The van der Waals surface area contributed by atoms with Gasteiger partial charge >= 0.3 is 5.69 Å². The summed E-state index contributed by atoms with van der Waals surface area (Å²) in [5, 5.41) is 0.194. The quantitative estimate of drug-likeness (QED) is 0.683. The second-order valence-electron chi connectivity index (χ2n) is 6.29. The minimum atomic E-state index is -3.71. The Morgan fingerprint density at radius 1 is 1.19 bits per heavy atom. The lowest BCUT2D eigenvalue weighted by Crippen LogP contribution is -2.32. The summed E-state index contributed by atoms with van der Waals surface area (Å²) >= 11 is 6.07. The standard InChI is InChI=1S/C17H17ClN4O3S/c1-20-14-6-4-9-19-16(14)22(17(20)23)12-8-10-21(11-12)26(24,25)15-7-3-2-5-13(15)18/h2-7,9,12H,8,10-11H2,1H3/t12-/m0/s1. The van der Waals surface area contributed by atoms with E-state index in [1.54, 1.807) is 42.1 Å². The molecule has 4 rings (SSSR count). The van der Waals surface area contributed by atoms with Gasteiger partial charge < -0.3 is 0 Å². The molecule has 0 spiro atoms. The van der Waals surface area contributed by atoms with E-state index in [4.69, 9.17) is 11.6 Å². The number of benzene rings is 1. The first kappa shape index (κ1) is 17.3. The van der Waals surface area contributed by atoms with Crippen molar-refractivity contribution in [2.24, 2.45) is 7.05 Å². The molecule has 2 aromatic heterocycles. The number of hydrogen-bond donors (Lipinski definition) is 0. The van der Waals surface area contributed by atoms with Gasteiger partial charge in [-0.15, -0.1) is 0 Å². The molecule has 3 heterocycles. The van der Waals surface area contributed by atoms with Crippen LogP contribution in [0.25, 0.3) is 11.2 Å². The monoisotopic (exact) mass is 392 g/mol. The van der Waals surface area contributed by atoms with E-state index >= 15 is 0 Å². The zero-order chi connectivity index (χ0) is 18.5. The van der Waals surface area contributed by atoms with Crippen molar-refractivity contribution >= 4 is 32.8 Å². The maximum absolute atomic E-state index is 12.9. The first-order valence-electron chi connectivity index (χ1n) is 8.18. The first-order valence-corrected chi connectivity index (χ1v) is 9.99. The average molecular weight is 393 g/mol. The number of aryl methyl sites for hydroxylation is 1. The molecule has 9 heteroatoms. The maximum Gasteiger partial charge on any atom is 0.330 e. The fourth-order valence-electron chi connectivity index (χ4n) is 3.45. The molecular weight excluding hydrogens is 376 g/mol. The van der Waals surface area contributed by atoms with E-state index in [2.05, 4.69) is 4.98 Å². The fraction of sp³-hybridized carbons (Fsp3) is 0.294. The van der Waals surface area contributed by atoms with E-state index in [0.717, 1.165) is 5.52 Å². The van der Waals surface area contributed by atoms with Crippen LogP contribution in [0.3, 0.4) is 0 Å². The maximum atomic E-state index is 12.9. The van der Waals surface area contributed by atoms with Gasteiger partial charge in [0, 0.05) is 26.3 Å². The molecule has 0 amide bonds. The Hall–Kier alpha value is -2.16. The molecule has 0 aliphatic carbocycles. The normalized spacial score (nSPS) is 18.6. The Balaban J connectivity index is 1.72. The van der Waals surface area contributed by atoms with Crippen molar-refractivity contribution in [3.05, 3.63) is 58.1 Å². The zero-order valence-electron chi connectivity index (χ0n) is 14.0. The summed E-state index contributed by atoms with van der Waals surface area (Å²) in [7, 11) is -2.02. The first-order chi connectivity index (χ1) is 12.4. The van der Waals surface area contributed by atoms with Gasteiger partial charge in [0.25, 0.3) is 0 Å². The number of nitrogens with zero attached hydrogens (tertiary/aromatic N) is 4. The van der Waals surface area contributed by atoms with Crippen LogP contribution in [-0.4, -0.2) is 39.9 Å². The van der Waals surface area contributed by atoms with E-state index in [9.17, 15) is 13.2 Å². The lowest BCUT2D eigenvalue weighted by Gasteiger charge is -2.17. The molecule has 3 aromatic rings. The number of imidazole rings is 1. The minimum Gasteiger partial charge on any atom is -0.293 e. The topological polar surface area (TPSA) is 77.2 Å². The third-order valence-corrected chi connectivity index (χ3v) is 7.16. The van der Waals surface area contributed by atoms with Crippen LogP contribution in [0, 0.1) is 0 Å². The molecule has 1 atom stereocenters. The van der Waals surface area contributed by atoms with Crippen LogP contribution < -0.4 is 5.69 Å². The van der Waals surface area contributed by atoms with E-state index < -0.39 is 10.0 Å². The molecule has 0 bridgehead atoms. The predicted octanol–water partition coefficient (Wildman–Crippen LogP) is 2.02. The van der Waals surface area contributed by atoms with Crippen LogP contribution in [0.5, 0.6) is 0 Å². The average Bonchev–Trinajstić information content (AvgIpc) is 3.20. The molecular formula is C17H17ClN4O3S. The van der Waals surface area contributed by atoms with Gasteiger partial charge in [0.15, 0.2) is 5.65 Å². The third kappa shape index (κ3) is 2.56. The molecule has 26 heavy (non-hydrogen) atoms. The molecule has 1 aliphatic rings. The Morgan fingerprint density at radius 2 is 1.96 bits per heavy atom. The molecule has 0 radical (unpaired) electrons. The van der Waals surface area contributed by atoms with Gasteiger partial charge in [-0.1, -0.05) is 23.7 Å². The van der Waals surface area contributed by atoms with Crippen molar-refractivity contribution in [3.63, 3.8) is 0 Å². The Bertz CT molecular complexity index is 1150. The van der Waals surface area contributed by atoms with Gasteiger partial charge in [-0.2, -0.15) is 4.31 Å². The summed E-state index contributed by atoms with van der Waals surface area (Å²) in [6, 6.07) is 9.72. The van der Waals surface area contributed by atoms with Gasteiger partial charge in [0.1, 0.15) is 4.90 Å². The molecule has 1 saturated heterocycles. The summed E-state index contributed by atoms with van der Waals surface area (Å²) in [4.78, 5) is 17.1. The van der Waals surface area contributed by atoms with Crippen LogP contribution in [0.4, 0.5) is 0 Å². The lowest BCUT2D eigenvalue weighted by atomic mass is 10.2. The number of pyridine rings is 1. The minimum absolute atomic E-state index is 0.0886. The van der Waals surface area contributed by atoms with Crippen LogP contribution >= 0.6 is 11.6 Å². The Kier molecular flexibility index (Phi) is 4.13. The number of halogens is 1. The molecule has 1 aliphatic heterocycles. The van der Waals surface area contributed by atoms with Gasteiger partial charge in [0.2, 0.25) is 10.0 Å². The number of fused-ring (bicyclic) bond motifs is 1. The van der Waals surface area contributed by atoms with Gasteiger partial charge in [-0.25, -0.2) is 18.2 Å². The number of rotatable bonds is 3. The zero-order valence-corrected chi connectivity index (χ0v) is 15.6. The summed E-state index contributed by atoms with van der Waals surface area (Å²) < 4.78 is 30.4. The lowest BCUT2D eigenvalue weighted by molar-refractivity contribution is 0.449. The smallest absolute Gasteiger partial charge is 0.293 e. The van der Waals surface area contributed by atoms with Crippen molar-refractivity contribution in [3.8, 4) is 0 Å². The summed E-state index contributed by atoms with van der Waals surface area (Å²) in [6.45, 7) is 0.539. The highest BCUT2D eigenvalue weighted by Crippen LogP contribution is 2.31. The van der Waals surface area contributed by atoms with Crippen LogP contribution in [0.15, 0.2) is 52.3 Å². The Morgan fingerprint density at radius 3 is 2.73 bits per heavy atom. The van der Waals surface area contributed by atoms with Crippen LogP contribution in [0.1, 0.15) is 12.5 Å². The highest BCUT2D eigenvalue weighted by atomic mass is 35.5. The predicted molar refractivity (Wildman–Crippen MR) is 98.8 cm³/mol. The molecule has 0 N–H and O–H groups in total. The third-order valence-electron chi connectivity index (χ3n) is 4.79. The SMILES string of the molecule is Cn1c(=O)n([C@H]2CCN(S(=O)(=O)c3ccccc3Cl)C2)c2ncccc21. The fourth-order valence-corrected chi connectivity index (χ4v) is 5.44. The second-order valence-corrected chi connectivity index (χ2v) is 8.61. The van der Waals surface area contributed by atoms with Crippen LogP contribution in [0.2, 0.25) is 5.02 Å². The van der Waals surface area contributed by atoms with E-state index in [0.29, 0.717) is 18.6 Å². The van der Waals surface area contributed by atoms with Crippen molar-refractivity contribution in [2.75, 3.05) is 13.1 Å². The number of sulfonamides is 1. The largest absolute Gasteiger partial charge is 0.330 e. The molecule has 1 aromatic carbocycles. The number of hydrogen-bond acceptors (Lipinski definition) is 4. The summed E-state index contributed by atoms with van der Waals surface area (Å²) in [5.41, 5.74) is 1.10. The molecule has 136 valence electrons. The molecule has 0 unspecified atom stereocenters. The van der Waals surface area contributed by atoms with E-state index in [1.807, 2.05) is 6.07 Å². The second kappa shape index (κ2) is 6.22. The van der Waals surface area contributed by atoms with Crippen molar-refractivity contribution in [1.29, 1.82) is 0 Å². The van der Waals surface area contributed by atoms with Gasteiger partial charge in [-0.05, 0) is 30.7 Å². The van der Waals surface area contributed by atoms with Crippen molar-refractivity contribution in [2.45, 2.75) is 17.4 Å². The highest BCUT2D eigenvalue weighted by molar-refractivity contribution is 7.89. The van der Waals surface area contributed by atoms with Gasteiger partial charge in [-0.3, -0.25) is 9.13 Å². The van der Waals surface area contributed by atoms with E-state index in [1.165, 1.54) is 14.9 Å². The summed E-state index contributed by atoms with van der Waals surface area (Å²) in [5.74, 6) is 0.